The molecule has 2 aromatic carbocycles. The molecule has 3 nitrogen and oxygen atoms in total. The summed E-state index contributed by atoms with van der Waals surface area (Å²) in [6.07, 6.45) is 0. The largest absolute Gasteiger partial charge is 0.386 e. The minimum atomic E-state index is -1.13. The quantitative estimate of drug-likeness (QED) is 0.415. The van der Waals surface area contributed by atoms with Gasteiger partial charge in [0, 0.05) is 29.8 Å². The SMILES string of the molecule is CC1=C(CO)[N+](c2ccc(F)cc2F)(c2c(F)cc(F)cc2Cl)C(Cl)=N1. The molecule has 1 aliphatic rings. The van der Waals surface area contributed by atoms with Crippen LogP contribution in [-0.2, 0) is 0 Å². The van der Waals surface area contributed by atoms with Gasteiger partial charge in [-0.2, -0.15) is 9.48 Å². The highest BCUT2D eigenvalue weighted by atomic mass is 35.5. The minimum Gasteiger partial charge on any atom is -0.386 e. The first kappa shape index (κ1) is 18.8. The Kier molecular flexibility index (Phi) is 4.83. The van der Waals surface area contributed by atoms with E-state index in [9.17, 15) is 22.7 Å². The maximum absolute atomic E-state index is 14.8. The number of aliphatic hydroxyl groups is 1. The lowest BCUT2D eigenvalue weighted by Crippen LogP contribution is -2.47. The van der Waals surface area contributed by atoms with Gasteiger partial charge in [0.15, 0.2) is 23.0 Å². The van der Waals surface area contributed by atoms with Crippen LogP contribution in [0.1, 0.15) is 6.92 Å². The van der Waals surface area contributed by atoms with Crippen molar-refractivity contribution in [3.05, 3.63) is 70.0 Å². The maximum Gasteiger partial charge on any atom is 0.315 e. The standard InChI is InChI=1S/C17H11Cl2F4N2O/c1-8-15(7-26)25(17(19)24-8,14-3-2-9(20)5-12(14)22)16-11(18)4-10(21)6-13(16)23/h2-6,26H,7H2,1H3/q+1. The van der Waals surface area contributed by atoms with Gasteiger partial charge in [-0.1, -0.05) is 11.6 Å². The summed E-state index contributed by atoms with van der Waals surface area (Å²) in [7, 11) is 0. The number of nitrogens with zero attached hydrogens (tertiary/aromatic N) is 2. The van der Waals surface area contributed by atoms with E-state index in [4.69, 9.17) is 23.2 Å². The van der Waals surface area contributed by atoms with Gasteiger partial charge >= 0.3 is 5.29 Å². The molecular formula is C17H11Cl2F4N2O+. The van der Waals surface area contributed by atoms with Gasteiger partial charge in [-0.15, -0.1) is 0 Å². The lowest BCUT2D eigenvalue weighted by atomic mass is 10.1. The van der Waals surface area contributed by atoms with Crippen molar-refractivity contribution >= 4 is 39.9 Å². The van der Waals surface area contributed by atoms with E-state index in [1.807, 2.05) is 0 Å². The van der Waals surface area contributed by atoms with E-state index in [0.29, 0.717) is 12.1 Å². The third-order valence-electron chi connectivity index (χ3n) is 4.10. The van der Waals surface area contributed by atoms with Crippen LogP contribution in [0.3, 0.4) is 0 Å². The molecule has 1 heterocycles. The van der Waals surface area contributed by atoms with Crippen LogP contribution in [0, 0.1) is 23.3 Å². The molecule has 0 saturated heterocycles. The third kappa shape index (κ3) is 2.63. The highest BCUT2D eigenvalue weighted by molar-refractivity contribution is 6.68. The minimum absolute atomic E-state index is 0.00656. The highest BCUT2D eigenvalue weighted by Gasteiger charge is 2.53. The molecule has 9 heteroatoms. The molecule has 1 aliphatic heterocycles. The molecule has 0 aromatic heterocycles. The Balaban J connectivity index is 2.50. The zero-order valence-electron chi connectivity index (χ0n) is 13.2. The number of hydrogen-bond donors (Lipinski definition) is 1. The van der Waals surface area contributed by atoms with Crippen LogP contribution in [0.15, 0.2) is 46.7 Å². The molecule has 0 bridgehead atoms. The number of rotatable bonds is 3. The summed E-state index contributed by atoms with van der Waals surface area (Å²) >= 11 is 12.3. The number of quaternary nitrogens is 1. The highest BCUT2D eigenvalue weighted by Crippen LogP contribution is 2.50. The first-order valence-electron chi connectivity index (χ1n) is 7.29. The number of aliphatic hydroxyl groups excluding tert-OH is 1. The van der Waals surface area contributed by atoms with Gasteiger partial charge in [-0.25, -0.2) is 17.6 Å². The van der Waals surface area contributed by atoms with Crippen molar-refractivity contribution in [2.24, 2.45) is 4.99 Å². The van der Waals surface area contributed by atoms with E-state index in [-0.39, 0.29) is 22.4 Å². The second-order valence-electron chi connectivity index (χ2n) is 5.56. The number of allylic oxidation sites excluding steroid dienone is 1. The second-order valence-corrected chi connectivity index (χ2v) is 6.30. The van der Waals surface area contributed by atoms with E-state index in [1.165, 1.54) is 6.92 Å². The number of benzene rings is 2. The molecule has 0 radical (unpaired) electrons. The zero-order chi connectivity index (χ0) is 19.2. The normalized spacial score (nSPS) is 19.9. The summed E-state index contributed by atoms with van der Waals surface area (Å²) in [5.41, 5.74) is -0.574. The van der Waals surface area contributed by atoms with Crippen LogP contribution in [-0.4, -0.2) is 17.0 Å². The summed E-state index contributed by atoms with van der Waals surface area (Å²) in [4.78, 5) is 4.01. The van der Waals surface area contributed by atoms with Crippen molar-refractivity contribution in [3.8, 4) is 0 Å². The van der Waals surface area contributed by atoms with Crippen LogP contribution in [0.4, 0.5) is 28.9 Å². The van der Waals surface area contributed by atoms with Crippen molar-refractivity contribution < 1.29 is 22.7 Å². The Morgan fingerprint density at radius 2 is 1.65 bits per heavy atom. The van der Waals surface area contributed by atoms with E-state index in [1.54, 1.807) is 0 Å². The molecule has 0 amide bonds. The van der Waals surface area contributed by atoms with Crippen molar-refractivity contribution in [1.29, 1.82) is 0 Å². The van der Waals surface area contributed by atoms with Gasteiger partial charge in [0.05, 0.1) is 0 Å². The molecule has 0 aliphatic carbocycles. The average molecular weight is 406 g/mol. The molecule has 26 heavy (non-hydrogen) atoms. The molecule has 1 N–H and O–H groups in total. The molecular weight excluding hydrogens is 395 g/mol. The number of amidine groups is 1. The van der Waals surface area contributed by atoms with Crippen LogP contribution >= 0.6 is 23.2 Å². The second kappa shape index (κ2) is 6.66. The summed E-state index contributed by atoms with van der Waals surface area (Å²) in [5.74, 6) is -4.02. The maximum atomic E-state index is 14.8. The summed E-state index contributed by atoms with van der Waals surface area (Å²) < 4.78 is 55.3. The number of halogens is 6. The van der Waals surface area contributed by atoms with Gasteiger partial charge in [0.25, 0.3) is 0 Å². The molecule has 1 atom stereocenters. The average Bonchev–Trinajstić information content (AvgIpc) is 2.77. The smallest absolute Gasteiger partial charge is 0.315 e. The fourth-order valence-electron chi connectivity index (χ4n) is 3.05. The Morgan fingerprint density at radius 1 is 1.00 bits per heavy atom. The van der Waals surface area contributed by atoms with Crippen molar-refractivity contribution in [2.75, 3.05) is 6.61 Å². The lowest BCUT2D eigenvalue weighted by molar-refractivity contribution is 0.308. The summed E-state index contributed by atoms with van der Waals surface area (Å²) in [6.45, 7) is 0.792. The monoisotopic (exact) mass is 405 g/mol. The molecule has 3 rings (SSSR count). The van der Waals surface area contributed by atoms with E-state index >= 15 is 0 Å². The van der Waals surface area contributed by atoms with Gasteiger partial charge in [0.1, 0.15) is 29.0 Å². The molecule has 0 spiro atoms. The van der Waals surface area contributed by atoms with Gasteiger partial charge in [-0.05, 0) is 19.1 Å². The van der Waals surface area contributed by atoms with Crippen molar-refractivity contribution in [1.82, 2.24) is 4.48 Å². The van der Waals surface area contributed by atoms with Gasteiger partial charge in [-0.3, -0.25) is 0 Å². The molecule has 1 unspecified atom stereocenters. The molecule has 0 saturated carbocycles. The Labute approximate surface area is 156 Å². The Bertz CT molecular complexity index is 954. The fraction of sp³-hybridized carbons (Fsp3) is 0.118. The first-order valence-corrected chi connectivity index (χ1v) is 8.04. The van der Waals surface area contributed by atoms with Crippen LogP contribution in [0.25, 0.3) is 0 Å². The Hall–Kier alpha value is -1.93. The van der Waals surface area contributed by atoms with Crippen LogP contribution in [0.5, 0.6) is 0 Å². The van der Waals surface area contributed by atoms with Gasteiger partial charge in [0.2, 0.25) is 5.69 Å². The van der Waals surface area contributed by atoms with Crippen molar-refractivity contribution in [3.63, 3.8) is 0 Å². The predicted molar refractivity (Wildman–Crippen MR) is 92.3 cm³/mol. The fourth-order valence-corrected chi connectivity index (χ4v) is 3.78. The summed E-state index contributed by atoms with van der Waals surface area (Å²) in [6, 6.07) is 3.94. The van der Waals surface area contributed by atoms with Crippen molar-refractivity contribution in [2.45, 2.75) is 6.92 Å². The first-order chi connectivity index (χ1) is 12.2. The zero-order valence-corrected chi connectivity index (χ0v) is 14.7. The third-order valence-corrected chi connectivity index (χ3v) is 4.72. The number of hydrogen-bond acceptors (Lipinski definition) is 2. The van der Waals surface area contributed by atoms with E-state index in [0.717, 1.165) is 18.2 Å². The van der Waals surface area contributed by atoms with Crippen LogP contribution in [0.2, 0.25) is 5.02 Å². The summed E-state index contributed by atoms with van der Waals surface area (Å²) in [5, 5.41) is 9.09. The van der Waals surface area contributed by atoms with E-state index < -0.39 is 45.1 Å². The topological polar surface area (TPSA) is 32.6 Å². The van der Waals surface area contributed by atoms with E-state index in [2.05, 4.69) is 4.99 Å². The van der Waals surface area contributed by atoms with Gasteiger partial charge < -0.3 is 5.11 Å². The number of aliphatic imine (C=N–C) groups is 1. The van der Waals surface area contributed by atoms with Crippen LogP contribution < -0.4 is 4.48 Å². The lowest BCUT2D eigenvalue weighted by Gasteiger charge is -2.33. The molecule has 2 aromatic rings. The molecule has 0 fully saturated rings. The Morgan fingerprint density at radius 3 is 2.23 bits per heavy atom. The predicted octanol–water partition coefficient (Wildman–Crippen LogP) is 5.37. The molecule has 136 valence electrons.